The molecule has 0 atom stereocenters. The first kappa shape index (κ1) is 11.8. The Morgan fingerprint density at radius 1 is 1.31 bits per heavy atom. The number of hydrogen-bond donors (Lipinski definition) is 1. The van der Waals surface area contributed by atoms with E-state index in [-0.39, 0.29) is 0 Å². The van der Waals surface area contributed by atoms with E-state index in [0.717, 1.165) is 26.7 Å². The van der Waals surface area contributed by atoms with E-state index in [1.807, 2.05) is 29.0 Å². The number of hydrogen-bond acceptors (Lipinski definition) is 2. The molecule has 16 heavy (non-hydrogen) atoms. The largest absolute Gasteiger partial charge is 0.330 e. The molecule has 84 valence electrons. The minimum absolute atomic E-state index is 0.622. The molecule has 0 aliphatic heterocycles. The highest BCUT2D eigenvalue weighted by Crippen LogP contribution is 2.26. The number of benzene rings is 1. The zero-order chi connectivity index (χ0) is 11.5. The third-order valence-corrected chi connectivity index (χ3v) is 3.45. The monoisotopic (exact) mass is 343 g/mol. The summed E-state index contributed by atoms with van der Waals surface area (Å²) in [6, 6.07) is 6.05. The van der Waals surface area contributed by atoms with Gasteiger partial charge >= 0.3 is 0 Å². The molecule has 1 aromatic heterocycles. The molecule has 0 aliphatic rings. The zero-order valence-electron chi connectivity index (χ0n) is 8.53. The molecule has 0 aliphatic carbocycles. The maximum Gasteiger partial charge on any atom is 0.0994 e. The van der Waals surface area contributed by atoms with Gasteiger partial charge in [0.1, 0.15) is 0 Å². The zero-order valence-corrected chi connectivity index (χ0v) is 11.7. The third kappa shape index (κ3) is 2.36. The summed E-state index contributed by atoms with van der Waals surface area (Å²) in [6.45, 7) is 0.622. The van der Waals surface area contributed by atoms with E-state index in [1.54, 1.807) is 6.33 Å². The molecule has 2 N–H and O–H groups in total. The maximum absolute atomic E-state index is 5.57. The molecule has 0 bridgehead atoms. The Bertz CT molecular complexity index is 494. The average molecular weight is 345 g/mol. The van der Waals surface area contributed by atoms with E-state index in [4.69, 9.17) is 5.73 Å². The van der Waals surface area contributed by atoms with Crippen LogP contribution in [0.2, 0.25) is 0 Å². The van der Waals surface area contributed by atoms with Gasteiger partial charge in [-0.15, -0.1) is 0 Å². The Balaban J connectivity index is 2.49. The molecule has 2 rings (SSSR count). The van der Waals surface area contributed by atoms with Gasteiger partial charge in [-0.2, -0.15) is 0 Å². The molecule has 0 fully saturated rings. The minimum Gasteiger partial charge on any atom is -0.330 e. The summed E-state index contributed by atoms with van der Waals surface area (Å²) in [6.07, 6.45) is 4.47. The number of nitrogens with zero attached hydrogens (tertiary/aromatic N) is 2. The standard InChI is InChI=1S/C11H11Br2N3/c12-8-1-2-10(13)11(5-8)16-7-15-6-9(16)3-4-14/h1-2,5-7H,3-4,14H2. The van der Waals surface area contributed by atoms with Gasteiger partial charge in [-0.25, -0.2) is 4.98 Å². The van der Waals surface area contributed by atoms with Gasteiger partial charge in [-0.3, -0.25) is 0 Å². The van der Waals surface area contributed by atoms with E-state index in [0.29, 0.717) is 6.54 Å². The second-order valence-corrected chi connectivity index (χ2v) is 5.16. The number of halogens is 2. The molecule has 0 spiro atoms. The van der Waals surface area contributed by atoms with Crippen molar-refractivity contribution in [3.05, 3.63) is 45.4 Å². The van der Waals surface area contributed by atoms with Gasteiger partial charge in [-0.05, 0) is 40.7 Å². The second-order valence-electron chi connectivity index (χ2n) is 3.39. The van der Waals surface area contributed by atoms with Crippen LogP contribution in [0.4, 0.5) is 0 Å². The summed E-state index contributed by atoms with van der Waals surface area (Å²) in [4.78, 5) is 4.16. The Morgan fingerprint density at radius 2 is 2.12 bits per heavy atom. The summed E-state index contributed by atoms with van der Waals surface area (Å²) in [7, 11) is 0. The minimum atomic E-state index is 0.622. The van der Waals surface area contributed by atoms with Crippen molar-refractivity contribution in [2.45, 2.75) is 6.42 Å². The van der Waals surface area contributed by atoms with Gasteiger partial charge in [0.2, 0.25) is 0 Å². The lowest BCUT2D eigenvalue weighted by molar-refractivity contribution is 0.871. The fourth-order valence-corrected chi connectivity index (χ4v) is 2.33. The van der Waals surface area contributed by atoms with Crippen molar-refractivity contribution in [3.63, 3.8) is 0 Å². The van der Waals surface area contributed by atoms with Crippen molar-refractivity contribution < 1.29 is 0 Å². The fraction of sp³-hybridized carbons (Fsp3) is 0.182. The van der Waals surface area contributed by atoms with Crippen LogP contribution in [0.5, 0.6) is 0 Å². The highest BCUT2D eigenvalue weighted by molar-refractivity contribution is 9.11. The first-order valence-corrected chi connectivity index (χ1v) is 6.47. The average Bonchev–Trinajstić information content (AvgIpc) is 2.70. The molecule has 3 nitrogen and oxygen atoms in total. The molecule has 0 amide bonds. The molecule has 2 aromatic rings. The van der Waals surface area contributed by atoms with Crippen LogP contribution in [0.15, 0.2) is 39.7 Å². The lowest BCUT2D eigenvalue weighted by Crippen LogP contribution is -2.07. The SMILES string of the molecule is NCCc1cncn1-c1cc(Br)ccc1Br. The highest BCUT2D eigenvalue weighted by Gasteiger charge is 2.07. The molecule has 0 saturated carbocycles. The molecular weight excluding hydrogens is 334 g/mol. The Hall–Kier alpha value is -0.650. The predicted octanol–water partition coefficient (Wildman–Crippen LogP) is 2.90. The van der Waals surface area contributed by atoms with Gasteiger partial charge in [0.15, 0.2) is 0 Å². The van der Waals surface area contributed by atoms with E-state index in [1.165, 1.54) is 0 Å². The first-order valence-electron chi connectivity index (χ1n) is 4.89. The van der Waals surface area contributed by atoms with Crippen molar-refractivity contribution in [1.82, 2.24) is 9.55 Å². The van der Waals surface area contributed by atoms with Crippen LogP contribution in [0.25, 0.3) is 5.69 Å². The van der Waals surface area contributed by atoms with Crippen LogP contribution in [0.1, 0.15) is 5.69 Å². The van der Waals surface area contributed by atoms with E-state index < -0.39 is 0 Å². The molecule has 1 heterocycles. The molecule has 0 saturated heterocycles. The van der Waals surface area contributed by atoms with Crippen LogP contribution in [0, 0.1) is 0 Å². The van der Waals surface area contributed by atoms with Crippen molar-refractivity contribution in [2.24, 2.45) is 5.73 Å². The van der Waals surface area contributed by atoms with E-state index in [2.05, 4.69) is 36.8 Å². The van der Waals surface area contributed by atoms with E-state index >= 15 is 0 Å². The number of aromatic nitrogens is 2. The van der Waals surface area contributed by atoms with Gasteiger partial charge in [0.25, 0.3) is 0 Å². The quantitative estimate of drug-likeness (QED) is 0.930. The molecule has 1 aromatic carbocycles. The van der Waals surface area contributed by atoms with Crippen molar-refractivity contribution in [2.75, 3.05) is 6.54 Å². The van der Waals surface area contributed by atoms with Crippen LogP contribution in [-0.2, 0) is 6.42 Å². The maximum atomic E-state index is 5.57. The second kappa shape index (κ2) is 5.12. The summed E-state index contributed by atoms with van der Waals surface area (Å²) >= 11 is 7.00. The van der Waals surface area contributed by atoms with Gasteiger partial charge < -0.3 is 10.3 Å². The summed E-state index contributed by atoms with van der Waals surface area (Å²) < 4.78 is 4.12. The fourth-order valence-electron chi connectivity index (χ4n) is 1.54. The summed E-state index contributed by atoms with van der Waals surface area (Å²) in [5.41, 5.74) is 7.75. The van der Waals surface area contributed by atoms with Crippen molar-refractivity contribution >= 4 is 31.9 Å². The molecule has 0 radical (unpaired) electrons. The normalized spacial score (nSPS) is 10.7. The van der Waals surface area contributed by atoms with Gasteiger partial charge in [0.05, 0.1) is 12.0 Å². The van der Waals surface area contributed by atoms with Gasteiger partial charge in [0, 0.05) is 27.3 Å². The predicted molar refractivity (Wildman–Crippen MR) is 71.7 cm³/mol. The van der Waals surface area contributed by atoms with Crippen LogP contribution in [-0.4, -0.2) is 16.1 Å². The van der Waals surface area contributed by atoms with Crippen LogP contribution in [0.3, 0.4) is 0 Å². The highest BCUT2D eigenvalue weighted by atomic mass is 79.9. The number of nitrogens with two attached hydrogens (primary N) is 1. The van der Waals surface area contributed by atoms with Crippen LogP contribution >= 0.6 is 31.9 Å². The van der Waals surface area contributed by atoms with Gasteiger partial charge in [-0.1, -0.05) is 15.9 Å². The van der Waals surface area contributed by atoms with Crippen LogP contribution < -0.4 is 5.73 Å². The number of imidazole rings is 1. The summed E-state index contributed by atoms with van der Waals surface area (Å²) in [5, 5.41) is 0. The smallest absolute Gasteiger partial charge is 0.0994 e. The first-order chi connectivity index (χ1) is 7.72. The molecule has 0 unspecified atom stereocenters. The van der Waals surface area contributed by atoms with Crippen molar-refractivity contribution in [3.8, 4) is 5.69 Å². The molecular formula is C11H11Br2N3. The Morgan fingerprint density at radius 3 is 2.88 bits per heavy atom. The molecule has 5 heteroatoms. The topological polar surface area (TPSA) is 43.8 Å². The Labute approximate surface area is 111 Å². The summed E-state index contributed by atoms with van der Waals surface area (Å²) in [5.74, 6) is 0. The number of rotatable bonds is 3. The lowest BCUT2D eigenvalue weighted by Gasteiger charge is -2.10. The Kier molecular flexibility index (Phi) is 3.78. The van der Waals surface area contributed by atoms with Crippen molar-refractivity contribution in [1.29, 1.82) is 0 Å². The third-order valence-electron chi connectivity index (χ3n) is 2.28. The van der Waals surface area contributed by atoms with E-state index in [9.17, 15) is 0 Å². The lowest BCUT2D eigenvalue weighted by atomic mass is 10.3.